The number of aryl methyl sites for hydroxylation is 1. The number of hydrogen-bond donors (Lipinski definition) is 2. The average Bonchev–Trinajstić information content (AvgIpc) is 2.36. The Labute approximate surface area is 111 Å². The quantitative estimate of drug-likeness (QED) is 0.729. The van der Waals surface area contributed by atoms with Crippen molar-refractivity contribution in [2.75, 3.05) is 13.1 Å². The molecule has 5 nitrogen and oxygen atoms in total. The summed E-state index contributed by atoms with van der Waals surface area (Å²) in [6.07, 6.45) is 2.01. The zero-order valence-corrected chi connectivity index (χ0v) is 10.6. The Hall–Kier alpha value is -2.30. The third kappa shape index (κ3) is 4.83. The average molecular weight is 263 g/mol. The first kappa shape index (κ1) is 14.8. The summed E-state index contributed by atoms with van der Waals surface area (Å²) in [5.41, 5.74) is 0.671. The number of rotatable bonds is 7. The van der Waals surface area contributed by atoms with E-state index in [2.05, 4.69) is 6.58 Å². The Morgan fingerprint density at radius 1 is 1.32 bits per heavy atom. The van der Waals surface area contributed by atoms with E-state index in [0.717, 1.165) is 0 Å². The van der Waals surface area contributed by atoms with E-state index in [1.807, 2.05) is 0 Å². The van der Waals surface area contributed by atoms with Crippen LogP contribution in [0.4, 0.5) is 0 Å². The van der Waals surface area contributed by atoms with Crippen molar-refractivity contribution in [1.29, 1.82) is 0 Å². The number of hydrogen-bond acceptors (Lipinski definition) is 3. The summed E-state index contributed by atoms with van der Waals surface area (Å²) in [6.45, 7) is 3.35. The molecule has 0 spiro atoms. The number of phenolic OH excluding ortho intramolecular Hbond substituents is 1. The molecule has 0 aliphatic carbocycles. The lowest BCUT2D eigenvalue weighted by atomic mass is 10.1. The second-order valence-electron chi connectivity index (χ2n) is 4.09. The minimum atomic E-state index is -1.06. The highest BCUT2D eigenvalue weighted by Crippen LogP contribution is 2.17. The van der Waals surface area contributed by atoms with Crippen LogP contribution in [0.5, 0.6) is 5.75 Å². The molecule has 1 aromatic rings. The number of carboxylic acids is 1. The van der Waals surface area contributed by atoms with Crippen LogP contribution in [0.3, 0.4) is 0 Å². The molecule has 0 saturated carbocycles. The smallest absolute Gasteiger partial charge is 0.323 e. The normalized spacial score (nSPS) is 9.89. The molecular weight excluding hydrogens is 246 g/mol. The highest BCUT2D eigenvalue weighted by atomic mass is 16.4. The van der Waals surface area contributed by atoms with Gasteiger partial charge in [0, 0.05) is 13.0 Å². The van der Waals surface area contributed by atoms with Crippen molar-refractivity contribution in [3.63, 3.8) is 0 Å². The van der Waals surface area contributed by atoms with E-state index in [1.165, 1.54) is 11.0 Å². The van der Waals surface area contributed by atoms with Crippen LogP contribution >= 0.6 is 0 Å². The first-order valence-electron chi connectivity index (χ1n) is 5.92. The minimum absolute atomic E-state index is 0.142. The van der Waals surface area contributed by atoms with Crippen LogP contribution in [0.25, 0.3) is 0 Å². The molecule has 0 unspecified atom stereocenters. The summed E-state index contributed by atoms with van der Waals surface area (Å²) in [5.74, 6) is -1.19. The van der Waals surface area contributed by atoms with E-state index in [9.17, 15) is 14.7 Å². The standard InChI is InChI=1S/C14H17NO4/c1-2-9-15(10-14(18)19)13(17)8-7-11-5-3-4-6-12(11)16/h2-6,16H,1,7-10H2,(H,18,19). The van der Waals surface area contributed by atoms with Crippen molar-refractivity contribution < 1.29 is 19.8 Å². The van der Waals surface area contributed by atoms with Gasteiger partial charge in [0.1, 0.15) is 12.3 Å². The van der Waals surface area contributed by atoms with E-state index in [0.29, 0.717) is 12.0 Å². The van der Waals surface area contributed by atoms with Crippen LogP contribution < -0.4 is 0 Å². The lowest BCUT2D eigenvalue weighted by Crippen LogP contribution is -2.35. The summed E-state index contributed by atoms with van der Waals surface area (Å²) in [4.78, 5) is 23.8. The Morgan fingerprint density at radius 2 is 2.00 bits per heavy atom. The molecule has 0 saturated heterocycles. The fourth-order valence-corrected chi connectivity index (χ4v) is 1.70. The number of carboxylic acid groups (broad SMARTS) is 1. The molecule has 1 rings (SSSR count). The topological polar surface area (TPSA) is 77.8 Å². The van der Waals surface area contributed by atoms with Gasteiger partial charge in [-0.1, -0.05) is 24.3 Å². The maximum absolute atomic E-state index is 11.9. The lowest BCUT2D eigenvalue weighted by Gasteiger charge is -2.18. The van der Waals surface area contributed by atoms with E-state index >= 15 is 0 Å². The monoisotopic (exact) mass is 263 g/mol. The molecule has 0 fully saturated rings. The van der Waals surface area contributed by atoms with Crippen LogP contribution in [0, 0.1) is 0 Å². The van der Waals surface area contributed by atoms with Gasteiger partial charge in [-0.2, -0.15) is 0 Å². The summed E-state index contributed by atoms with van der Waals surface area (Å²) >= 11 is 0. The van der Waals surface area contributed by atoms with Crippen LogP contribution in [0.1, 0.15) is 12.0 Å². The van der Waals surface area contributed by atoms with Crippen molar-refractivity contribution in [1.82, 2.24) is 4.90 Å². The van der Waals surface area contributed by atoms with Gasteiger partial charge in [-0.3, -0.25) is 9.59 Å². The minimum Gasteiger partial charge on any atom is -0.508 e. The summed E-state index contributed by atoms with van der Waals surface area (Å²) in [7, 11) is 0. The van der Waals surface area contributed by atoms with Crippen LogP contribution in [-0.2, 0) is 16.0 Å². The van der Waals surface area contributed by atoms with Crippen molar-refractivity contribution in [2.24, 2.45) is 0 Å². The van der Waals surface area contributed by atoms with Gasteiger partial charge in [0.05, 0.1) is 0 Å². The first-order chi connectivity index (χ1) is 9.04. The fraction of sp³-hybridized carbons (Fsp3) is 0.286. The van der Waals surface area contributed by atoms with E-state index in [4.69, 9.17) is 5.11 Å². The Bertz CT molecular complexity index is 470. The van der Waals surface area contributed by atoms with Gasteiger partial charge in [-0.15, -0.1) is 6.58 Å². The van der Waals surface area contributed by atoms with Crippen LogP contribution in [0.2, 0.25) is 0 Å². The zero-order chi connectivity index (χ0) is 14.3. The molecule has 0 bridgehead atoms. The van der Waals surface area contributed by atoms with Crippen molar-refractivity contribution in [3.8, 4) is 5.75 Å². The third-order valence-corrected chi connectivity index (χ3v) is 2.63. The number of para-hydroxylation sites is 1. The first-order valence-corrected chi connectivity index (χ1v) is 5.92. The number of phenols is 1. The number of aromatic hydroxyl groups is 1. The molecule has 1 aromatic carbocycles. The third-order valence-electron chi connectivity index (χ3n) is 2.63. The maximum Gasteiger partial charge on any atom is 0.323 e. The maximum atomic E-state index is 11.9. The van der Waals surface area contributed by atoms with E-state index in [1.54, 1.807) is 24.3 Å². The van der Waals surface area contributed by atoms with Crippen LogP contribution in [-0.4, -0.2) is 40.1 Å². The van der Waals surface area contributed by atoms with Gasteiger partial charge in [0.25, 0.3) is 0 Å². The predicted octanol–water partition coefficient (Wildman–Crippen LogP) is 1.42. The number of aliphatic carboxylic acids is 1. The Balaban J connectivity index is 2.59. The van der Waals surface area contributed by atoms with Gasteiger partial charge < -0.3 is 15.1 Å². The SMILES string of the molecule is C=CCN(CC(=O)O)C(=O)CCc1ccccc1O. The molecule has 102 valence electrons. The van der Waals surface area contributed by atoms with Gasteiger partial charge in [0.15, 0.2) is 0 Å². The molecule has 19 heavy (non-hydrogen) atoms. The molecule has 2 N–H and O–H groups in total. The second kappa shape index (κ2) is 7.20. The highest BCUT2D eigenvalue weighted by Gasteiger charge is 2.15. The van der Waals surface area contributed by atoms with Crippen molar-refractivity contribution >= 4 is 11.9 Å². The number of amides is 1. The Kier molecular flexibility index (Phi) is 5.60. The van der Waals surface area contributed by atoms with Gasteiger partial charge in [-0.25, -0.2) is 0 Å². The predicted molar refractivity (Wildman–Crippen MR) is 70.8 cm³/mol. The molecule has 0 aromatic heterocycles. The second-order valence-corrected chi connectivity index (χ2v) is 4.09. The number of carbonyl (C=O) groups is 2. The highest BCUT2D eigenvalue weighted by molar-refractivity contribution is 5.81. The number of benzene rings is 1. The Morgan fingerprint density at radius 3 is 2.58 bits per heavy atom. The molecule has 0 aliphatic rings. The number of nitrogens with zero attached hydrogens (tertiary/aromatic N) is 1. The molecule has 0 heterocycles. The summed E-state index contributed by atoms with van der Waals surface area (Å²) in [5, 5.41) is 18.3. The van der Waals surface area contributed by atoms with Crippen molar-refractivity contribution in [3.05, 3.63) is 42.5 Å². The van der Waals surface area contributed by atoms with Crippen molar-refractivity contribution in [2.45, 2.75) is 12.8 Å². The van der Waals surface area contributed by atoms with Gasteiger partial charge in [0.2, 0.25) is 5.91 Å². The van der Waals surface area contributed by atoms with E-state index in [-0.39, 0.29) is 31.2 Å². The molecular formula is C14H17NO4. The summed E-state index contributed by atoms with van der Waals surface area (Å²) in [6, 6.07) is 6.77. The zero-order valence-electron chi connectivity index (χ0n) is 10.6. The van der Waals surface area contributed by atoms with Crippen LogP contribution in [0.15, 0.2) is 36.9 Å². The molecule has 0 aliphatic heterocycles. The molecule has 0 radical (unpaired) electrons. The molecule has 5 heteroatoms. The van der Waals surface area contributed by atoms with Gasteiger partial charge >= 0.3 is 5.97 Å². The fourth-order valence-electron chi connectivity index (χ4n) is 1.70. The van der Waals surface area contributed by atoms with E-state index < -0.39 is 5.97 Å². The lowest BCUT2D eigenvalue weighted by molar-refractivity contribution is -0.144. The molecule has 0 atom stereocenters. The number of carbonyl (C=O) groups excluding carboxylic acids is 1. The molecule has 1 amide bonds. The largest absolute Gasteiger partial charge is 0.508 e. The summed E-state index contributed by atoms with van der Waals surface area (Å²) < 4.78 is 0. The van der Waals surface area contributed by atoms with Gasteiger partial charge in [-0.05, 0) is 18.1 Å².